The molecule has 18 heavy (non-hydrogen) atoms. The molecule has 0 aliphatic carbocycles. The Hall–Kier alpha value is -0.860. The van der Waals surface area contributed by atoms with E-state index in [9.17, 15) is 0 Å². The van der Waals surface area contributed by atoms with Gasteiger partial charge in [0.1, 0.15) is 0 Å². The number of benzene rings is 1. The van der Waals surface area contributed by atoms with Gasteiger partial charge in [0.15, 0.2) is 0 Å². The molecule has 2 saturated heterocycles. The van der Waals surface area contributed by atoms with E-state index in [4.69, 9.17) is 5.73 Å². The van der Waals surface area contributed by atoms with Gasteiger partial charge in [0, 0.05) is 12.1 Å². The van der Waals surface area contributed by atoms with Crippen LogP contribution in [0.15, 0.2) is 24.3 Å². The molecule has 0 aromatic heterocycles. The number of nitrogens with zero attached hydrogens (tertiary/aromatic N) is 1. The van der Waals surface area contributed by atoms with Gasteiger partial charge in [-0.25, -0.2) is 0 Å². The predicted molar refractivity (Wildman–Crippen MR) is 75.7 cm³/mol. The second kappa shape index (κ2) is 4.67. The number of nitrogens with two attached hydrogens (primary N) is 1. The lowest BCUT2D eigenvalue weighted by atomic mass is 9.76. The molecule has 2 heterocycles. The van der Waals surface area contributed by atoms with Gasteiger partial charge in [0.2, 0.25) is 0 Å². The van der Waals surface area contributed by atoms with Crippen LogP contribution in [0.4, 0.5) is 0 Å². The van der Waals surface area contributed by atoms with Gasteiger partial charge in [-0.05, 0) is 57.2 Å². The summed E-state index contributed by atoms with van der Waals surface area (Å²) in [4.78, 5) is 2.59. The summed E-state index contributed by atoms with van der Waals surface area (Å²) in [6.07, 6.45) is 3.99. The molecule has 0 amide bonds. The second-order valence-electron chi connectivity index (χ2n) is 6.12. The molecule has 0 saturated carbocycles. The zero-order chi connectivity index (χ0) is 12.7. The summed E-state index contributed by atoms with van der Waals surface area (Å²) in [5.74, 6) is 1.31. The van der Waals surface area contributed by atoms with Crippen molar-refractivity contribution in [2.24, 2.45) is 11.7 Å². The minimum atomic E-state index is 0.636. The van der Waals surface area contributed by atoms with Crippen LogP contribution in [-0.2, 0) is 0 Å². The van der Waals surface area contributed by atoms with Crippen LogP contribution in [0, 0.1) is 12.8 Å². The molecule has 1 aromatic carbocycles. The van der Waals surface area contributed by atoms with Crippen molar-refractivity contribution >= 4 is 0 Å². The fourth-order valence-electron chi connectivity index (χ4n) is 4.10. The number of piperidine rings is 1. The normalized spacial score (nSPS) is 35.9. The van der Waals surface area contributed by atoms with Crippen molar-refractivity contribution in [3.63, 3.8) is 0 Å². The summed E-state index contributed by atoms with van der Waals surface area (Å²) in [6.45, 7) is 2.98. The standard InChI is InChI=1S/C16H24N2/c1-11-3-5-12(6-4-11)14-9-13-7-8-16(18(13)2)15(14)10-17/h3-6,13-16H,7-10,17H2,1-2H3/t13-,14+,15-,16+/m0/s1. The van der Waals surface area contributed by atoms with E-state index in [0.29, 0.717) is 17.9 Å². The first-order chi connectivity index (χ1) is 8.70. The Bertz CT molecular complexity index is 412. The van der Waals surface area contributed by atoms with E-state index in [1.807, 2.05) is 0 Å². The van der Waals surface area contributed by atoms with Crippen LogP contribution in [-0.4, -0.2) is 30.6 Å². The van der Waals surface area contributed by atoms with Crippen molar-refractivity contribution in [3.05, 3.63) is 35.4 Å². The van der Waals surface area contributed by atoms with Crippen molar-refractivity contribution in [1.29, 1.82) is 0 Å². The molecule has 0 unspecified atom stereocenters. The van der Waals surface area contributed by atoms with E-state index in [0.717, 1.165) is 12.6 Å². The quantitative estimate of drug-likeness (QED) is 0.866. The van der Waals surface area contributed by atoms with E-state index in [2.05, 4.69) is 43.1 Å². The fraction of sp³-hybridized carbons (Fsp3) is 0.625. The highest BCUT2D eigenvalue weighted by molar-refractivity contribution is 5.27. The number of rotatable bonds is 2. The SMILES string of the molecule is Cc1ccc([C@H]2C[C@@H]3CC[C@H]([C@H]2CN)N3C)cc1. The minimum absolute atomic E-state index is 0.636. The van der Waals surface area contributed by atoms with Crippen molar-refractivity contribution in [2.75, 3.05) is 13.6 Å². The third-order valence-electron chi connectivity index (χ3n) is 5.21. The molecule has 0 spiro atoms. The van der Waals surface area contributed by atoms with Crippen molar-refractivity contribution < 1.29 is 0 Å². The summed E-state index contributed by atoms with van der Waals surface area (Å²) in [5.41, 5.74) is 8.93. The van der Waals surface area contributed by atoms with Crippen LogP contribution in [0.25, 0.3) is 0 Å². The predicted octanol–water partition coefficient (Wildman–Crippen LogP) is 2.52. The van der Waals surface area contributed by atoms with Gasteiger partial charge in [-0.15, -0.1) is 0 Å². The number of fused-ring (bicyclic) bond motifs is 2. The zero-order valence-corrected chi connectivity index (χ0v) is 11.5. The first-order valence-corrected chi connectivity index (χ1v) is 7.19. The Morgan fingerprint density at radius 2 is 1.94 bits per heavy atom. The molecule has 2 nitrogen and oxygen atoms in total. The maximum Gasteiger partial charge on any atom is 0.0142 e. The summed E-state index contributed by atoms with van der Waals surface area (Å²) in [5, 5.41) is 0. The van der Waals surface area contributed by atoms with Crippen LogP contribution < -0.4 is 5.73 Å². The molecular weight excluding hydrogens is 220 g/mol. The van der Waals surface area contributed by atoms with Gasteiger partial charge < -0.3 is 10.6 Å². The average molecular weight is 244 g/mol. The number of hydrogen-bond acceptors (Lipinski definition) is 2. The first-order valence-electron chi connectivity index (χ1n) is 7.19. The largest absolute Gasteiger partial charge is 0.330 e. The molecule has 2 aliphatic rings. The van der Waals surface area contributed by atoms with Crippen LogP contribution in [0.3, 0.4) is 0 Å². The smallest absolute Gasteiger partial charge is 0.0142 e. The molecule has 98 valence electrons. The van der Waals surface area contributed by atoms with Gasteiger partial charge in [-0.3, -0.25) is 0 Å². The van der Waals surface area contributed by atoms with Gasteiger partial charge in [0.25, 0.3) is 0 Å². The maximum atomic E-state index is 6.08. The Morgan fingerprint density at radius 3 is 2.61 bits per heavy atom. The Labute approximate surface area is 110 Å². The highest BCUT2D eigenvalue weighted by Crippen LogP contribution is 2.45. The summed E-state index contributed by atoms with van der Waals surface area (Å²) in [7, 11) is 2.29. The van der Waals surface area contributed by atoms with Crippen molar-refractivity contribution in [1.82, 2.24) is 4.90 Å². The van der Waals surface area contributed by atoms with Crippen LogP contribution in [0.5, 0.6) is 0 Å². The molecule has 2 bridgehead atoms. The van der Waals surface area contributed by atoms with Crippen molar-refractivity contribution in [3.8, 4) is 0 Å². The van der Waals surface area contributed by atoms with Gasteiger partial charge in [-0.1, -0.05) is 29.8 Å². The van der Waals surface area contributed by atoms with Crippen LogP contribution >= 0.6 is 0 Å². The monoisotopic (exact) mass is 244 g/mol. The van der Waals surface area contributed by atoms with E-state index in [-0.39, 0.29) is 0 Å². The van der Waals surface area contributed by atoms with Crippen LogP contribution in [0.2, 0.25) is 0 Å². The van der Waals surface area contributed by atoms with E-state index in [1.54, 1.807) is 0 Å². The van der Waals surface area contributed by atoms with E-state index < -0.39 is 0 Å². The fourth-order valence-corrected chi connectivity index (χ4v) is 4.10. The average Bonchev–Trinajstić information content (AvgIpc) is 2.63. The molecule has 2 aliphatic heterocycles. The minimum Gasteiger partial charge on any atom is -0.330 e. The second-order valence-corrected chi connectivity index (χ2v) is 6.12. The Kier molecular flexibility index (Phi) is 3.16. The maximum absolute atomic E-state index is 6.08. The number of hydrogen-bond donors (Lipinski definition) is 1. The third kappa shape index (κ3) is 1.88. The van der Waals surface area contributed by atoms with Gasteiger partial charge in [0.05, 0.1) is 0 Å². The molecule has 3 rings (SSSR count). The molecule has 0 radical (unpaired) electrons. The zero-order valence-electron chi connectivity index (χ0n) is 11.5. The summed E-state index contributed by atoms with van der Waals surface area (Å²) >= 11 is 0. The lowest BCUT2D eigenvalue weighted by Crippen LogP contribution is -2.48. The van der Waals surface area contributed by atoms with E-state index in [1.165, 1.54) is 30.4 Å². The molecule has 1 aromatic rings. The van der Waals surface area contributed by atoms with Crippen LogP contribution in [0.1, 0.15) is 36.3 Å². The van der Waals surface area contributed by atoms with E-state index >= 15 is 0 Å². The van der Waals surface area contributed by atoms with Gasteiger partial charge in [-0.2, -0.15) is 0 Å². The number of aryl methyl sites for hydroxylation is 1. The Balaban J connectivity index is 1.89. The first kappa shape index (κ1) is 12.2. The molecule has 2 fully saturated rings. The summed E-state index contributed by atoms with van der Waals surface area (Å²) in [6, 6.07) is 10.6. The topological polar surface area (TPSA) is 29.3 Å². The molecule has 2 heteroatoms. The molecule has 2 N–H and O–H groups in total. The Morgan fingerprint density at radius 1 is 1.22 bits per heavy atom. The lowest BCUT2D eigenvalue weighted by molar-refractivity contribution is 0.104. The third-order valence-corrected chi connectivity index (χ3v) is 5.21. The van der Waals surface area contributed by atoms with Gasteiger partial charge >= 0.3 is 0 Å². The molecular formula is C16H24N2. The highest BCUT2D eigenvalue weighted by atomic mass is 15.2. The lowest BCUT2D eigenvalue weighted by Gasteiger charge is -2.43. The van der Waals surface area contributed by atoms with Crippen molar-refractivity contribution in [2.45, 2.75) is 44.2 Å². The highest BCUT2D eigenvalue weighted by Gasteiger charge is 2.45. The molecule has 4 atom stereocenters. The summed E-state index contributed by atoms with van der Waals surface area (Å²) < 4.78 is 0.